The van der Waals surface area contributed by atoms with Crippen LogP contribution in [0.15, 0.2) is 33.8 Å². The van der Waals surface area contributed by atoms with Crippen molar-refractivity contribution in [1.82, 2.24) is 15.6 Å². The fraction of sp³-hybridized carbons (Fsp3) is 0.455. The smallest absolute Gasteiger partial charge is 0.323 e. The third-order valence-corrected chi connectivity index (χ3v) is 7.04. The number of carbonyl (C=O) groups is 2. The third kappa shape index (κ3) is 4.37. The average Bonchev–Trinajstić information content (AvgIpc) is 3.14. The van der Waals surface area contributed by atoms with Gasteiger partial charge in [0.05, 0.1) is 13.2 Å². The number of rotatable bonds is 5. The molecule has 2 N–H and O–H groups in total. The Balaban J connectivity index is 1.26. The van der Waals surface area contributed by atoms with Gasteiger partial charge in [-0.05, 0) is 30.5 Å². The molecule has 5 heterocycles. The van der Waals surface area contributed by atoms with Gasteiger partial charge in [0.25, 0.3) is 5.91 Å². The summed E-state index contributed by atoms with van der Waals surface area (Å²) in [5.41, 5.74) is 2.93. The number of furan rings is 1. The molecule has 9 nitrogen and oxygen atoms in total. The lowest BCUT2D eigenvalue weighted by Gasteiger charge is -2.20. The predicted molar refractivity (Wildman–Crippen MR) is 122 cm³/mol. The maximum Gasteiger partial charge on any atom is 0.323 e. The molecule has 33 heavy (non-hydrogen) atoms. The molecule has 2 saturated heterocycles. The van der Waals surface area contributed by atoms with E-state index in [1.807, 2.05) is 12.3 Å². The summed E-state index contributed by atoms with van der Waals surface area (Å²) in [7, 11) is -1.36. The van der Waals surface area contributed by atoms with E-state index in [1.165, 1.54) is 0 Å². The van der Waals surface area contributed by atoms with Crippen molar-refractivity contribution >= 4 is 32.4 Å². The molecule has 3 amide bonds. The summed E-state index contributed by atoms with van der Waals surface area (Å²) >= 11 is 0. The van der Waals surface area contributed by atoms with E-state index in [-0.39, 0.29) is 5.76 Å². The Bertz CT molecular complexity index is 1080. The number of hydrogen-bond acceptors (Lipinski definition) is 7. The number of halogens is 1. The molecule has 3 aliphatic rings. The van der Waals surface area contributed by atoms with E-state index < -0.39 is 26.1 Å². The standard InChI is InChI=1S/C22H25FN5O4P/c23-33-22(20(29)26-21(30)27-22)18-11-15-13-24-16(3-4-17(15)32-18)10-14-2-5-19(25-12-14)28-6-1-8-31-9-7-28/h2,5,11-12,33H,1,3-4,6-10,13H2,(H2,26,27,29,30). The van der Waals surface area contributed by atoms with Gasteiger partial charge in [0.1, 0.15) is 26.2 Å². The van der Waals surface area contributed by atoms with Crippen LogP contribution in [0.3, 0.4) is 0 Å². The fourth-order valence-corrected chi connectivity index (χ4v) is 4.86. The molecule has 0 spiro atoms. The van der Waals surface area contributed by atoms with Crippen LogP contribution in [0.5, 0.6) is 0 Å². The quantitative estimate of drug-likeness (QED) is 0.511. The Morgan fingerprint density at radius 3 is 2.88 bits per heavy atom. The number of aromatic nitrogens is 1. The summed E-state index contributed by atoms with van der Waals surface area (Å²) in [6.07, 6.45) is 4.88. The van der Waals surface area contributed by atoms with Gasteiger partial charge in [-0.2, -0.15) is 0 Å². The molecule has 174 valence electrons. The zero-order chi connectivity index (χ0) is 22.8. The lowest BCUT2D eigenvalue weighted by Crippen LogP contribution is -2.38. The fourth-order valence-electron chi connectivity index (χ4n) is 4.34. The highest BCUT2D eigenvalue weighted by molar-refractivity contribution is 7.35. The molecular weight excluding hydrogens is 448 g/mol. The number of nitrogens with zero attached hydrogens (tertiary/aromatic N) is 3. The van der Waals surface area contributed by atoms with Crippen molar-refractivity contribution in [3.8, 4) is 0 Å². The summed E-state index contributed by atoms with van der Waals surface area (Å²) in [6, 6.07) is 5.05. The molecule has 0 saturated carbocycles. The van der Waals surface area contributed by atoms with Crippen LogP contribution < -0.4 is 15.5 Å². The number of aliphatic imine (C=N–C) groups is 1. The van der Waals surface area contributed by atoms with Crippen molar-refractivity contribution in [2.24, 2.45) is 4.99 Å². The van der Waals surface area contributed by atoms with Crippen LogP contribution in [-0.4, -0.2) is 48.9 Å². The second kappa shape index (κ2) is 9.19. The Kier molecular flexibility index (Phi) is 6.12. The van der Waals surface area contributed by atoms with E-state index in [0.29, 0.717) is 31.6 Å². The van der Waals surface area contributed by atoms with Crippen LogP contribution >= 0.6 is 8.89 Å². The van der Waals surface area contributed by atoms with E-state index in [9.17, 15) is 13.8 Å². The number of pyridine rings is 1. The average molecular weight is 473 g/mol. The van der Waals surface area contributed by atoms with Crippen molar-refractivity contribution in [1.29, 1.82) is 0 Å². The number of imide groups is 1. The molecule has 2 aromatic heterocycles. The van der Waals surface area contributed by atoms with Gasteiger partial charge in [0.15, 0.2) is 0 Å². The molecule has 2 atom stereocenters. The minimum absolute atomic E-state index is 0.119. The van der Waals surface area contributed by atoms with Gasteiger partial charge >= 0.3 is 6.03 Å². The maximum atomic E-state index is 13.8. The van der Waals surface area contributed by atoms with Gasteiger partial charge in [-0.3, -0.25) is 15.1 Å². The lowest BCUT2D eigenvalue weighted by molar-refractivity contribution is -0.121. The highest BCUT2D eigenvalue weighted by Gasteiger charge is 2.51. The minimum atomic E-state index is -1.78. The van der Waals surface area contributed by atoms with Crippen LogP contribution in [0, 0.1) is 0 Å². The summed E-state index contributed by atoms with van der Waals surface area (Å²) in [4.78, 5) is 35.4. The number of carbonyl (C=O) groups excluding carboxylic acids is 2. The molecule has 0 aliphatic carbocycles. The first-order chi connectivity index (χ1) is 16.1. The number of hydrogen-bond donors (Lipinski definition) is 2. The number of anilines is 1. The second-order valence-electron chi connectivity index (χ2n) is 8.35. The Morgan fingerprint density at radius 2 is 2.12 bits per heavy atom. The summed E-state index contributed by atoms with van der Waals surface area (Å²) in [6.45, 7) is 3.70. The number of ether oxygens (including phenoxy) is 1. The molecule has 11 heteroatoms. The molecule has 2 aromatic rings. The van der Waals surface area contributed by atoms with Crippen molar-refractivity contribution in [3.63, 3.8) is 0 Å². The monoisotopic (exact) mass is 473 g/mol. The number of fused-ring (bicyclic) bond motifs is 1. The topological polar surface area (TPSA) is 109 Å². The first kappa shape index (κ1) is 22.0. The molecule has 5 rings (SSSR count). The van der Waals surface area contributed by atoms with Gasteiger partial charge in [-0.15, -0.1) is 0 Å². The summed E-state index contributed by atoms with van der Waals surface area (Å²) < 4.78 is 25.2. The summed E-state index contributed by atoms with van der Waals surface area (Å²) in [5.74, 6) is 1.02. The third-order valence-electron chi connectivity index (χ3n) is 6.15. The molecule has 0 radical (unpaired) electrons. The van der Waals surface area contributed by atoms with Gasteiger partial charge < -0.3 is 19.4 Å². The zero-order valence-electron chi connectivity index (χ0n) is 18.0. The number of nitrogens with one attached hydrogen (secondary N) is 2. The van der Waals surface area contributed by atoms with Gasteiger partial charge in [-0.25, -0.2) is 14.0 Å². The Labute approximate surface area is 192 Å². The van der Waals surface area contributed by atoms with Gasteiger partial charge in [-0.1, -0.05) is 6.07 Å². The van der Waals surface area contributed by atoms with E-state index in [1.54, 1.807) is 6.07 Å². The van der Waals surface area contributed by atoms with Gasteiger partial charge in [0, 0.05) is 50.0 Å². The van der Waals surface area contributed by atoms with Crippen LogP contribution in [0.4, 0.5) is 14.8 Å². The molecular formula is C22H25FN5O4P. The number of urea groups is 1. The molecule has 2 fully saturated rings. The van der Waals surface area contributed by atoms with Crippen molar-refractivity contribution in [2.45, 2.75) is 37.5 Å². The van der Waals surface area contributed by atoms with Crippen LogP contribution in [-0.2, 0) is 34.2 Å². The van der Waals surface area contributed by atoms with Crippen LogP contribution in [0.1, 0.15) is 35.5 Å². The van der Waals surface area contributed by atoms with Crippen LogP contribution in [0.25, 0.3) is 0 Å². The van der Waals surface area contributed by atoms with Crippen LogP contribution in [0.2, 0.25) is 0 Å². The SMILES string of the molecule is O=C1NC(=O)C(PF)(c2cc3c(o2)CCC(Cc2ccc(N4CCCOCC4)nc2)=NC3)N1. The van der Waals surface area contributed by atoms with E-state index in [0.717, 1.165) is 55.4 Å². The Hall–Kier alpha value is -2.84. The Morgan fingerprint density at radius 1 is 1.21 bits per heavy atom. The maximum absolute atomic E-state index is 13.8. The highest BCUT2D eigenvalue weighted by atomic mass is 31.1. The molecule has 3 aliphatic heterocycles. The molecule has 2 unspecified atom stereocenters. The first-order valence-electron chi connectivity index (χ1n) is 11.0. The van der Waals surface area contributed by atoms with E-state index >= 15 is 0 Å². The van der Waals surface area contributed by atoms with E-state index in [2.05, 4.69) is 26.6 Å². The van der Waals surface area contributed by atoms with Crippen molar-refractivity contribution in [2.75, 3.05) is 31.2 Å². The highest BCUT2D eigenvalue weighted by Crippen LogP contribution is 2.44. The number of aryl methyl sites for hydroxylation is 1. The largest absolute Gasteiger partial charge is 0.462 e. The molecule has 0 bridgehead atoms. The van der Waals surface area contributed by atoms with Crippen molar-refractivity contribution in [3.05, 3.63) is 47.0 Å². The van der Waals surface area contributed by atoms with Crippen molar-refractivity contribution < 1.29 is 22.9 Å². The first-order valence-corrected chi connectivity index (χ1v) is 11.9. The minimum Gasteiger partial charge on any atom is -0.462 e. The van der Waals surface area contributed by atoms with Gasteiger partial charge in [0.2, 0.25) is 5.28 Å². The molecule has 0 aromatic carbocycles. The predicted octanol–water partition coefficient (Wildman–Crippen LogP) is 2.59. The summed E-state index contributed by atoms with van der Waals surface area (Å²) in [5, 5.41) is 2.68. The normalized spacial score (nSPS) is 23.7. The number of amides is 3. The second-order valence-corrected chi connectivity index (χ2v) is 9.29. The zero-order valence-corrected chi connectivity index (χ0v) is 19.0. The van der Waals surface area contributed by atoms with E-state index in [4.69, 9.17) is 14.1 Å². The lowest BCUT2D eigenvalue weighted by atomic mass is 10.1.